The number of β-amino-alcohol motifs (C(OH)–C–C–N with tert-alkyl or cyclic N) is 1. The molecule has 0 atom stereocenters. The Morgan fingerprint density at radius 3 is 2.61 bits per heavy atom. The van der Waals surface area contributed by atoms with Gasteiger partial charge in [0.2, 0.25) is 0 Å². The monoisotopic (exact) mass is 445 g/mol. The summed E-state index contributed by atoms with van der Waals surface area (Å²) in [6.45, 7) is 13.2. The number of H-pyrrole nitrogens is 1. The number of nitrogens with zero attached hydrogens (tertiary/aromatic N) is 4. The number of aliphatic hydroxyl groups is 1. The Morgan fingerprint density at radius 2 is 1.91 bits per heavy atom. The number of aryl methyl sites for hydroxylation is 1. The molecule has 1 aromatic carbocycles. The van der Waals surface area contributed by atoms with Crippen molar-refractivity contribution in [3.05, 3.63) is 53.5 Å². The molecule has 3 aromatic heterocycles. The van der Waals surface area contributed by atoms with Crippen LogP contribution in [-0.2, 0) is 0 Å². The number of aromatic nitrogens is 4. The third-order valence-corrected chi connectivity index (χ3v) is 6.99. The fraction of sp³-hybridized carbons (Fsp3) is 0.481. The van der Waals surface area contributed by atoms with E-state index in [1.54, 1.807) is 6.33 Å². The van der Waals surface area contributed by atoms with Crippen molar-refractivity contribution < 1.29 is 5.11 Å². The summed E-state index contributed by atoms with van der Waals surface area (Å²) in [5.41, 5.74) is 7.53. The summed E-state index contributed by atoms with van der Waals surface area (Å²) in [7, 11) is 0. The molecule has 0 bridgehead atoms. The number of piperidine rings is 1. The molecule has 33 heavy (non-hydrogen) atoms. The van der Waals surface area contributed by atoms with Crippen LogP contribution < -0.4 is 0 Å². The molecule has 1 saturated heterocycles. The van der Waals surface area contributed by atoms with Crippen LogP contribution in [-0.4, -0.2) is 54.8 Å². The lowest BCUT2D eigenvalue weighted by atomic mass is 9.87. The quantitative estimate of drug-likeness (QED) is 0.440. The van der Waals surface area contributed by atoms with Crippen LogP contribution in [0.5, 0.6) is 0 Å². The second kappa shape index (κ2) is 8.26. The Morgan fingerprint density at radius 1 is 1.15 bits per heavy atom. The van der Waals surface area contributed by atoms with Gasteiger partial charge in [0.05, 0.1) is 11.3 Å². The summed E-state index contributed by atoms with van der Waals surface area (Å²) in [5, 5.41) is 15.9. The maximum atomic E-state index is 10.2. The van der Waals surface area contributed by atoms with Crippen LogP contribution in [0.4, 0.5) is 0 Å². The minimum atomic E-state index is -0.634. The predicted molar refractivity (Wildman–Crippen MR) is 134 cm³/mol. The van der Waals surface area contributed by atoms with Crippen molar-refractivity contribution in [2.75, 3.05) is 19.6 Å². The maximum absolute atomic E-state index is 10.2. The van der Waals surface area contributed by atoms with Gasteiger partial charge in [-0.05, 0) is 93.9 Å². The van der Waals surface area contributed by atoms with Crippen molar-refractivity contribution in [3.63, 3.8) is 0 Å². The molecule has 5 rings (SSSR count). The van der Waals surface area contributed by atoms with Crippen molar-refractivity contribution in [2.45, 2.75) is 64.9 Å². The van der Waals surface area contributed by atoms with E-state index in [-0.39, 0.29) is 0 Å². The van der Waals surface area contributed by atoms with E-state index in [0.717, 1.165) is 55.1 Å². The Hall–Kier alpha value is -2.70. The molecule has 1 aliphatic rings. The number of hydrogen-bond donors (Lipinski definition) is 2. The molecule has 0 unspecified atom stereocenters. The highest BCUT2D eigenvalue weighted by molar-refractivity contribution is 5.94. The van der Waals surface area contributed by atoms with Gasteiger partial charge >= 0.3 is 0 Å². The molecule has 174 valence electrons. The lowest BCUT2D eigenvalue weighted by molar-refractivity contribution is 0.0282. The average Bonchev–Trinajstić information content (AvgIpc) is 3.38. The molecule has 6 heteroatoms. The minimum absolute atomic E-state index is 0.377. The SMILES string of the molecule is Cc1ccc(-c2[nH]c3ccc(C4CCN(CC(C)(C)O)CC4)cc3c2C(C)C)c2ncnn12. The summed E-state index contributed by atoms with van der Waals surface area (Å²) in [6, 6.07) is 11.2. The third kappa shape index (κ3) is 4.18. The number of hydrogen-bond acceptors (Lipinski definition) is 4. The molecule has 1 fully saturated rings. The topological polar surface area (TPSA) is 69.5 Å². The largest absolute Gasteiger partial charge is 0.389 e. The molecule has 6 nitrogen and oxygen atoms in total. The number of rotatable bonds is 5. The van der Waals surface area contributed by atoms with Crippen molar-refractivity contribution in [1.29, 1.82) is 0 Å². The second-order valence-electron chi connectivity index (χ2n) is 10.6. The first kappa shape index (κ1) is 22.1. The van der Waals surface area contributed by atoms with Crippen molar-refractivity contribution in [1.82, 2.24) is 24.5 Å². The van der Waals surface area contributed by atoms with Gasteiger partial charge in [-0.2, -0.15) is 5.10 Å². The van der Waals surface area contributed by atoms with E-state index < -0.39 is 5.60 Å². The molecule has 0 amide bonds. The van der Waals surface area contributed by atoms with Gasteiger partial charge in [-0.3, -0.25) is 0 Å². The van der Waals surface area contributed by atoms with Crippen LogP contribution >= 0.6 is 0 Å². The Balaban J connectivity index is 1.51. The van der Waals surface area contributed by atoms with Gasteiger partial charge in [0.1, 0.15) is 6.33 Å². The fourth-order valence-corrected chi connectivity index (χ4v) is 5.50. The molecular formula is C27H35N5O. The highest BCUT2D eigenvalue weighted by Gasteiger charge is 2.26. The zero-order valence-electron chi connectivity index (χ0n) is 20.4. The Bertz CT molecular complexity index is 1290. The number of aromatic amines is 1. The minimum Gasteiger partial charge on any atom is -0.389 e. The van der Waals surface area contributed by atoms with Gasteiger partial charge < -0.3 is 15.0 Å². The standard InChI is InChI=1S/C27H35N5O/c1-17(2)24-22-14-20(19-10-12-31(13-11-19)15-27(4,5)33)7-9-23(22)30-25(24)21-8-6-18(3)32-26(21)28-16-29-32/h6-9,14,16-17,19,30,33H,10-13,15H2,1-5H3. The summed E-state index contributed by atoms with van der Waals surface area (Å²) in [6.07, 6.45) is 3.90. The van der Waals surface area contributed by atoms with Crippen molar-refractivity contribution in [2.24, 2.45) is 0 Å². The zero-order valence-corrected chi connectivity index (χ0v) is 20.4. The number of fused-ring (bicyclic) bond motifs is 2. The number of pyridine rings is 1. The van der Waals surface area contributed by atoms with Gasteiger partial charge in [0.15, 0.2) is 5.65 Å². The molecule has 4 aromatic rings. The summed E-state index contributed by atoms with van der Waals surface area (Å²) in [5.74, 6) is 0.940. The lowest BCUT2D eigenvalue weighted by Gasteiger charge is -2.35. The van der Waals surface area contributed by atoms with Gasteiger partial charge in [0, 0.05) is 28.7 Å². The average molecular weight is 446 g/mol. The first-order chi connectivity index (χ1) is 15.7. The summed E-state index contributed by atoms with van der Waals surface area (Å²) >= 11 is 0. The van der Waals surface area contributed by atoms with Gasteiger partial charge in [-0.25, -0.2) is 9.50 Å². The van der Waals surface area contributed by atoms with E-state index in [9.17, 15) is 5.11 Å². The molecule has 0 aliphatic carbocycles. The van der Waals surface area contributed by atoms with E-state index in [1.807, 2.05) is 18.4 Å². The van der Waals surface area contributed by atoms with Gasteiger partial charge in [0.25, 0.3) is 0 Å². The molecule has 0 saturated carbocycles. The number of likely N-dealkylation sites (tertiary alicyclic amines) is 1. The van der Waals surface area contributed by atoms with E-state index in [2.05, 4.69) is 71.1 Å². The second-order valence-corrected chi connectivity index (χ2v) is 10.6. The van der Waals surface area contributed by atoms with E-state index >= 15 is 0 Å². The molecule has 2 N–H and O–H groups in total. The van der Waals surface area contributed by atoms with Crippen molar-refractivity contribution in [3.8, 4) is 11.3 Å². The van der Waals surface area contributed by atoms with Crippen LogP contribution in [0.2, 0.25) is 0 Å². The lowest BCUT2D eigenvalue weighted by Crippen LogP contribution is -2.42. The number of nitrogens with one attached hydrogen (secondary N) is 1. The van der Waals surface area contributed by atoms with Crippen LogP contribution in [0.3, 0.4) is 0 Å². The van der Waals surface area contributed by atoms with E-state index in [0.29, 0.717) is 11.8 Å². The molecule has 0 spiro atoms. The Labute approximate surface area is 195 Å². The first-order valence-corrected chi connectivity index (χ1v) is 12.1. The smallest absolute Gasteiger partial charge is 0.164 e. The predicted octanol–water partition coefficient (Wildman–Crippen LogP) is 5.26. The summed E-state index contributed by atoms with van der Waals surface area (Å²) < 4.78 is 1.91. The van der Waals surface area contributed by atoms with Crippen LogP contribution in [0.25, 0.3) is 27.8 Å². The normalized spacial score (nSPS) is 16.5. The Kier molecular flexibility index (Phi) is 5.53. The van der Waals surface area contributed by atoms with Gasteiger partial charge in [-0.15, -0.1) is 0 Å². The fourth-order valence-electron chi connectivity index (χ4n) is 5.50. The molecule has 4 heterocycles. The molecule has 0 radical (unpaired) electrons. The molecule has 1 aliphatic heterocycles. The number of benzene rings is 1. The van der Waals surface area contributed by atoms with Crippen LogP contribution in [0, 0.1) is 6.92 Å². The maximum Gasteiger partial charge on any atom is 0.164 e. The zero-order chi connectivity index (χ0) is 23.3. The van der Waals surface area contributed by atoms with Crippen LogP contribution in [0.1, 0.15) is 69.2 Å². The van der Waals surface area contributed by atoms with E-state index in [4.69, 9.17) is 0 Å². The molecular weight excluding hydrogens is 410 g/mol. The highest BCUT2D eigenvalue weighted by Crippen LogP contribution is 2.39. The van der Waals surface area contributed by atoms with Gasteiger partial charge in [-0.1, -0.05) is 19.9 Å². The van der Waals surface area contributed by atoms with Crippen molar-refractivity contribution >= 4 is 16.6 Å². The van der Waals surface area contributed by atoms with Crippen LogP contribution in [0.15, 0.2) is 36.7 Å². The highest BCUT2D eigenvalue weighted by atomic mass is 16.3. The third-order valence-electron chi connectivity index (χ3n) is 6.99. The van der Waals surface area contributed by atoms with E-state index in [1.165, 1.54) is 22.0 Å². The summed E-state index contributed by atoms with van der Waals surface area (Å²) in [4.78, 5) is 10.7. The first-order valence-electron chi connectivity index (χ1n) is 12.1.